The Morgan fingerprint density at radius 1 is 1.21 bits per heavy atom. The molecule has 1 aromatic carbocycles. The number of fused-ring (bicyclic) bond motifs is 1. The summed E-state index contributed by atoms with van der Waals surface area (Å²) in [5, 5.41) is 2.48. The van der Waals surface area contributed by atoms with E-state index in [2.05, 4.69) is 15.2 Å². The second-order valence-corrected chi connectivity index (χ2v) is 8.90. The summed E-state index contributed by atoms with van der Waals surface area (Å²) >= 11 is 0.894. The summed E-state index contributed by atoms with van der Waals surface area (Å²) < 4.78 is 10.8. The average Bonchev–Trinajstić information content (AvgIpc) is 3.11. The van der Waals surface area contributed by atoms with Gasteiger partial charge in [0.2, 0.25) is 5.91 Å². The maximum Gasteiger partial charge on any atom is 0.293 e. The Hall–Kier alpha value is -3.37. The summed E-state index contributed by atoms with van der Waals surface area (Å²) in [4.78, 5) is 44.9. The molecule has 3 heterocycles. The van der Waals surface area contributed by atoms with Crippen LogP contribution in [0.5, 0.6) is 11.5 Å². The number of ether oxygens (including phenoxy) is 2. The number of rotatable bonds is 8. The van der Waals surface area contributed by atoms with Crippen LogP contribution >= 0.6 is 11.8 Å². The molecule has 0 radical (unpaired) electrons. The van der Waals surface area contributed by atoms with E-state index < -0.39 is 0 Å². The zero-order chi connectivity index (χ0) is 24.1. The molecule has 0 bridgehead atoms. The van der Waals surface area contributed by atoms with Gasteiger partial charge in [-0.1, -0.05) is 6.07 Å². The lowest BCUT2D eigenvalue weighted by Gasteiger charge is -2.29. The van der Waals surface area contributed by atoms with Gasteiger partial charge in [0, 0.05) is 38.6 Å². The minimum absolute atomic E-state index is 0.126. The van der Waals surface area contributed by atoms with Gasteiger partial charge in [0.15, 0.2) is 11.5 Å². The number of thioether (sulfide) groups is 1. The van der Waals surface area contributed by atoms with E-state index in [9.17, 15) is 14.4 Å². The van der Waals surface area contributed by atoms with Crippen LogP contribution in [0.15, 0.2) is 41.6 Å². The monoisotopic (exact) mass is 482 g/mol. The molecule has 4 rings (SSSR count). The van der Waals surface area contributed by atoms with Crippen LogP contribution < -0.4 is 14.8 Å². The number of hydrogen-bond acceptors (Lipinski definition) is 8. The van der Waals surface area contributed by atoms with Crippen LogP contribution in [-0.2, 0) is 22.6 Å². The molecule has 2 aliphatic heterocycles. The number of nitrogens with zero attached hydrogens (tertiary/aromatic N) is 3. The van der Waals surface area contributed by atoms with Gasteiger partial charge in [0.05, 0.1) is 25.7 Å². The first-order valence-electron chi connectivity index (χ1n) is 10.9. The Balaban J connectivity index is 1.27. The van der Waals surface area contributed by atoms with Crippen molar-refractivity contribution in [2.24, 2.45) is 0 Å². The predicted octanol–water partition coefficient (Wildman–Crippen LogP) is 2.31. The predicted molar refractivity (Wildman–Crippen MR) is 128 cm³/mol. The highest BCUT2D eigenvalue weighted by atomic mass is 32.2. The summed E-state index contributed by atoms with van der Waals surface area (Å²) in [5.74, 6) is 0.865. The number of pyridine rings is 1. The molecule has 1 saturated heterocycles. The minimum Gasteiger partial charge on any atom is -0.493 e. The number of aromatic nitrogens is 1. The van der Waals surface area contributed by atoms with Crippen molar-refractivity contribution in [3.8, 4) is 11.5 Å². The van der Waals surface area contributed by atoms with Crippen LogP contribution in [0.2, 0.25) is 0 Å². The molecule has 10 heteroatoms. The first kappa shape index (κ1) is 23.8. The van der Waals surface area contributed by atoms with Crippen molar-refractivity contribution < 1.29 is 23.9 Å². The van der Waals surface area contributed by atoms with Crippen molar-refractivity contribution in [3.63, 3.8) is 0 Å². The molecule has 1 N–H and O–H groups in total. The van der Waals surface area contributed by atoms with Crippen molar-refractivity contribution in [2.75, 3.05) is 40.4 Å². The minimum atomic E-state index is -0.356. The van der Waals surface area contributed by atoms with Gasteiger partial charge in [-0.05, 0) is 59.1 Å². The van der Waals surface area contributed by atoms with E-state index in [4.69, 9.17) is 9.47 Å². The van der Waals surface area contributed by atoms with Gasteiger partial charge in [0.25, 0.3) is 11.1 Å². The first-order chi connectivity index (χ1) is 16.5. The molecule has 3 amide bonds. The Morgan fingerprint density at radius 3 is 2.68 bits per heavy atom. The lowest BCUT2D eigenvalue weighted by atomic mass is 9.99. The highest BCUT2D eigenvalue weighted by Gasteiger charge is 2.34. The van der Waals surface area contributed by atoms with Crippen LogP contribution in [0.1, 0.15) is 16.7 Å². The normalized spacial score (nSPS) is 17.1. The van der Waals surface area contributed by atoms with Gasteiger partial charge >= 0.3 is 0 Å². The molecule has 9 nitrogen and oxygen atoms in total. The van der Waals surface area contributed by atoms with Gasteiger partial charge in [-0.25, -0.2) is 0 Å². The van der Waals surface area contributed by atoms with E-state index in [1.807, 2.05) is 18.2 Å². The highest BCUT2D eigenvalue weighted by Crippen LogP contribution is 2.33. The summed E-state index contributed by atoms with van der Waals surface area (Å²) in [6.07, 6.45) is 5.72. The second kappa shape index (κ2) is 10.7. The SMILES string of the molecule is COc1cc2c(cc1OC)CN(CC(=O)NCCN1C(=O)SC(=Cc3cccnc3)C1=O)CC2. The topological polar surface area (TPSA) is 101 Å². The van der Waals surface area contributed by atoms with Crippen LogP contribution in [0.25, 0.3) is 6.08 Å². The Morgan fingerprint density at radius 2 is 1.97 bits per heavy atom. The van der Waals surface area contributed by atoms with Crippen molar-refractivity contribution in [3.05, 3.63) is 58.3 Å². The first-order valence-corrected chi connectivity index (χ1v) is 11.7. The molecular formula is C24H26N4O5S. The molecule has 34 heavy (non-hydrogen) atoms. The number of nitrogens with one attached hydrogen (secondary N) is 1. The maximum absolute atomic E-state index is 12.6. The number of imide groups is 1. The van der Waals surface area contributed by atoms with Gasteiger partial charge in [-0.2, -0.15) is 0 Å². The quantitative estimate of drug-likeness (QED) is 0.572. The van der Waals surface area contributed by atoms with E-state index in [1.165, 1.54) is 5.56 Å². The van der Waals surface area contributed by atoms with Gasteiger partial charge in [-0.3, -0.25) is 29.2 Å². The summed E-state index contributed by atoms with van der Waals surface area (Å²) in [5.41, 5.74) is 3.04. The fourth-order valence-electron chi connectivity index (χ4n) is 3.95. The van der Waals surface area contributed by atoms with Crippen LogP contribution in [0.3, 0.4) is 0 Å². The molecule has 178 valence electrons. The number of carbonyl (C=O) groups excluding carboxylic acids is 3. The number of methoxy groups -OCH3 is 2. The zero-order valence-electron chi connectivity index (χ0n) is 19.1. The summed E-state index contributed by atoms with van der Waals surface area (Å²) in [6.45, 7) is 1.94. The lowest BCUT2D eigenvalue weighted by Crippen LogP contribution is -2.43. The van der Waals surface area contributed by atoms with Gasteiger partial charge < -0.3 is 14.8 Å². The third-order valence-corrected chi connectivity index (χ3v) is 6.59. The molecule has 1 fully saturated rings. The average molecular weight is 483 g/mol. The van der Waals surface area contributed by atoms with Crippen molar-refractivity contribution in [1.82, 2.24) is 20.1 Å². The lowest BCUT2D eigenvalue weighted by molar-refractivity contribution is -0.124. The highest BCUT2D eigenvalue weighted by molar-refractivity contribution is 8.18. The molecule has 0 spiro atoms. The van der Waals surface area contributed by atoms with Crippen molar-refractivity contribution >= 4 is 34.9 Å². The number of amides is 3. The molecule has 2 aliphatic rings. The number of hydrogen-bond donors (Lipinski definition) is 1. The third kappa shape index (κ3) is 5.40. The van der Waals surface area contributed by atoms with Gasteiger partial charge in [-0.15, -0.1) is 0 Å². The van der Waals surface area contributed by atoms with E-state index >= 15 is 0 Å². The van der Waals surface area contributed by atoms with E-state index in [-0.39, 0.29) is 36.7 Å². The molecule has 0 aliphatic carbocycles. The van der Waals surface area contributed by atoms with E-state index in [0.717, 1.165) is 40.8 Å². The Kier molecular flexibility index (Phi) is 7.49. The molecule has 0 unspecified atom stereocenters. The molecule has 0 saturated carbocycles. The van der Waals surface area contributed by atoms with Crippen LogP contribution in [0, 0.1) is 0 Å². The Labute approximate surface area is 202 Å². The van der Waals surface area contributed by atoms with Crippen molar-refractivity contribution in [2.45, 2.75) is 13.0 Å². The van der Waals surface area contributed by atoms with Crippen LogP contribution in [0.4, 0.5) is 4.79 Å². The smallest absolute Gasteiger partial charge is 0.293 e. The second-order valence-electron chi connectivity index (χ2n) is 7.91. The fraction of sp³-hybridized carbons (Fsp3) is 0.333. The summed E-state index contributed by atoms with van der Waals surface area (Å²) in [6, 6.07) is 7.52. The molecule has 1 aromatic heterocycles. The van der Waals surface area contributed by atoms with E-state index in [0.29, 0.717) is 22.9 Å². The van der Waals surface area contributed by atoms with Crippen LogP contribution in [-0.4, -0.2) is 72.2 Å². The molecule has 2 aromatic rings. The third-order valence-electron chi connectivity index (χ3n) is 5.68. The standard InChI is InChI=1S/C24H26N4O5S/c1-32-19-11-17-5-8-27(14-18(17)12-20(19)33-2)15-22(29)26-7-9-28-23(30)21(34-24(28)31)10-16-4-3-6-25-13-16/h3-4,6,10-13H,5,7-9,14-15H2,1-2H3,(H,26,29). The molecule has 0 atom stereocenters. The summed E-state index contributed by atoms with van der Waals surface area (Å²) in [7, 11) is 3.22. The number of benzene rings is 1. The van der Waals surface area contributed by atoms with E-state index in [1.54, 1.807) is 38.8 Å². The van der Waals surface area contributed by atoms with Crippen molar-refractivity contribution in [1.29, 1.82) is 0 Å². The fourth-order valence-corrected chi connectivity index (χ4v) is 4.81. The maximum atomic E-state index is 12.6. The Bertz CT molecular complexity index is 1120. The van der Waals surface area contributed by atoms with Gasteiger partial charge in [0.1, 0.15) is 0 Å². The zero-order valence-corrected chi connectivity index (χ0v) is 19.9. The largest absolute Gasteiger partial charge is 0.493 e. The molecular weight excluding hydrogens is 456 g/mol. The number of carbonyl (C=O) groups is 3.